The van der Waals surface area contributed by atoms with Crippen LogP contribution in [0.5, 0.6) is 0 Å². The van der Waals surface area contributed by atoms with Gasteiger partial charge < -0.3 is 5.73 Å². The van der Waals surface area contributed by atoms with Gasteiger partial charge in [0.1, 0.15) is 0 Å². The normalized spacial score (nSPS) is 11.2. The van der Waals surface area contributed by atoms with Crippen molar-refractivity contribution >= 4 is 23.7 Å². The van der Waals surface area contributed by atoms with E-state index in [2.05, 4.69) is 21.4 Å². The van der Waals surface area contributed by atoms with Crippen LogP contribution in [0.4, 0.5) is 0 Å². The predicted octanol–water partition coefficient (Wildman–Crippen LogP) is 2.86. The number of rotatable bonds is 4. The second-order valence-electron chi connectivity index (χ2n) is 5.69. The quantitative estimate of drug-likeness (QED) is 0.619. The van der Waals surface area contributed by atoms with Crippen molar-refractivity contribution in [1.82, 2.24) is 19.6 Å². The van der Waals surface area contributed by atoms with Crippen molar-refractivity contribution in [2.75, 3.05) is 0 Å². The van der Waals surface area contributed by atoms with E-state index in [9.17, 15) is 4.79 Å². The van der Waals surface area contributed by atoms with Crippen LogP contribution >= 0.6 is 0 Å². The van der Waals surface area contributed by atoms with Crippen molar-refractivity contribution in [3.63, 3.8) is 0 Å². The number of carbonyl (C=O) groups excluding carboxylic acids is 1. The largest absolute Gasteiger partial charge is 0.365 e. The van der Waals surface area contributed by atoms with Crippen LogP contribution in [0.2, 0.25) is 0 Å². The molecule has 1 radical (unpaired) electrons. The molecule has 1 aromatic carbocycles. The monoisotopic (exact) mass is 340 g/mol. The number of hydrogen-bond acceptors (Lipinski definition) is 4. The molecule has 4 rings (SSSR count). The molecular weight excluding hydrogens is 326 g/mol. The summed E-state index contributed by atoms with van der Waals surface area (Å²) in [5, 5.41) is 4.09. The molecule has 6 nitrogen and oxygen atoms in total. The fraction of sp³-hybridized carbons (Fsp3) is 0. The highest BCUT2D eigenvalue weighted by Crippen LogP contribution is 2.22. The molecule has 3 aromatic heterocycles. The van der Waals surface area contributed by atoms with E-state index < -0.39 is 5.91 Å². The maximum Gasteiger partial charge on any atom is 0.252 e. The van der Waals surface area contributed by atoms with Crippen molar-refractivity contribution in [3.8, 4) is 11.3 Å². The van der Waals surface area contributed by atoms with Gasteiger partial charge in [-0.05, 0) is 29.3 Å². The van der Waals surface area contributed by atoms with Crippen molar-refractivity contribution in [2.45, 2.75) is 0 Å². The first kappa shape index (κ1) is 15.7. The molecule has 6 heteroatoms. The molecule has 2 N–H and O–H groups in total. The molecule has 0 bridgehead atoms. The number of benzene rings is 1. The Morgan fingerprint density at radius 3 is 2.58 bits per heavy atom. The number of amides is 1. The van der Waals surface area contributed by atoms with Gasteiger partial charge in [-0.1, -0.05) is 42.5 Å². The molecule has 1 amide bonds. The van der Waals surface area contributed by atoms with E-state index in [1.54, 1.807) is 22.8 Å². The number of aromatic nitrogens is 4. The molecule has 0 aliphatic heterocycles. The molecule has 125 valence electrons. The van der Waals surface area contributed by atoms with Gasteiger partial charge in [0.05, 0.1) is 11.3 Å². The molecule has 0 unspecified atom stereocenters. The Labute approximate surface area is 149 Å². The van der Waals surface area contributed by atoms with Crippen LogP contribution in [-0.2, 0) is 0 Å². The lowest BCUT2D eigenvalue weighted by Gasteiger charge is -2.07. The second-order valence-corrected chi connectivity index (χ2v) is 5.69. The zero-order chi connectivity index (χ0) is 17.9. The van der Waals surface area contributed by atoms with Gasteiger partial charge in [-0.2, -0.15) is 0 Å². The Kier molecular flexibility index (Phi) is 3.99. The number of primary amides is 1. The van der Waals surface area contributed by atoms with E-state index in [4.69, 9.17) is 5.73 Å². The molecule has 0 atom stereocenters. The van der Waals surface area contributed by atoms with Crippen LogP contribution in [0.3, 0.4) is 0 Å². The number of carbonyl (C=O) groups is 1. The number of hydrogen-bond donors (Lipinski definition) is 1. The van der Waals surface area contributed by atoms with Gasteiger partial charge in [-0.3, -0.25) is 9.78 Å². The average molecular weight is 340 g/mol. The van der Waals surface area contributed by atoms with E-state index in [0.29, 0.717) is 11.2 Å². The second kappa shape index (κ2) is 6.60. The van der Waals surface area contributed by atoms with E-state index >= 15 is 0 Å². The molecule has 0 spiro atoms. The standard InChI is InChI=1S/C20H14N5O/c21-19(26)17-9-10-18(25-20(17)23-13-24-25)16-7-5-14(6-8-16)3-4-15-2-1-11-22-12-15/h1-12H,(H2,21,26)/b4-3+. The highest BCUT2D eigenvalue weighted by Gasteiger charge is 2.13. The van der Waals surface area contributed by atoms with Gasteiger partial charge in [-0.25, -0.2) is 9.50 Å². The third-order valence-electron chi connectivity index (χ3n) is 4.00. The van der Waals surface area contributed by atoms with Gasteiger partial charge in [-0.15, -0.1) is 5.10 Å². The summed E-state index contributed by atoms with van der Waals surface area (Å²) in [7, 11) is 0. The van der Waals surface area contributed by atoms with Crippen LogP contribution in [0.15, 0.2) is 60.9 Å². The van der Waals surface area contributed by atoms with Crippen molar-refractivity contribution in [1.29, 1.82) is 0 Å². The first-order valence-electron chi connectivity index (χ1n) is 7.96. The summed E-state index contributed by atoms with van der Waals surface area (Å²) in [5.74, 6) is -0.543. The zero-order valence-electron chi connectivity index (χ0n) is 13.7. The SMILES string of the molecule is NC(=O)c1ccc(-c2ccc(/C=C/c3cccnc3)cc2)n2n[c]nc12. The van der Waals surface area contributed by atoms with E-state index in [0.717, 1.165) is 22.4 Å². The Morgan fingerprint density at radius 2 is 1.85 bits per heavy atom. The van der Waals surface area contributed by atoms with Gasteiger partial charge in [0, 0.05) is 18.0 Å². The summed E-state index contributed by atoms with van der Waals surface area (Å²) in [5.41, 5.74) is 9.96. The van der Waals surface area contributed by atoms with Crippen LogP contribution in [-0.4, -0.2) is 25.5 Å². The maximum atomic E-state index is 11.5. The fourth-order valence-corrected chi connectivity index (χ4v) is 2.70. The number of fused-ring (bicyclic) bond motifs is 1. The van der Waals surface area contributed by atoms with Crippen LogP contribution in [0, 0.1) is 6.33 Å². The molecule has 0 aliphatic rings. The summed E-state index contributed by atoms with van der Waals surface area (Å²) in [6.07, 6.45) is 10.1. The Bertz CT molecular complexity index is 1100. The third-order valence-corrected chi connectivity index (χ3v) is 4.00. The molecule has 4 aromatic rings. The summed E-state index contributed by atoms with van der Waals surface area (Å²) >= 11 is 0. The van der Waals surface area contributed by atoms with Crippen molar-refractivity contribution in [3.05, 3.63) is 83.9 Å². The molecule has 0 saturated heterocycles. The maximum absolute atomic E-state index is 11.5. The van der Waals surface area contributed by atoms with Gasteiger partial charge in [0.2, 0.25) is 6.33 Å². The van der Waals surface area contributed by atoms with E-state index in [1.165, 1.54) is 0 Å². The summed E-state index contributed by atoms with van der Waals surface area (Å²) in [6.45, 7) is 0. The summed E-state index contributed by atoms with van der Waals surface area (Å²) in [4.78, 5) is 19.6. The van der Waals surface area contributed by atoms with E-state index in [1.807, 2.05) is 54.7 Å². The molecule has 0 saturated carbocycles. The molecule has 26 heavy (non-hydrogen) atoms. The minimum Gasteiger partial charge on any atom is -0.365 e. The molecule has 3 heterocycles. The lowest BCUT2D eigenvalue weighted by atomic mass is 10.1. The number of nitrogens with two attached hydrogens (primary N) is 1. The van der Waals surface area contributed by atoms with Gasteiger partial charge in [0.15, 0.2) is 5.65 Å². The van der Waals surface area contributed by atoms with E-state index in [-0.39, 0.29) is 0 Å². The predicted molar refractivity (Wildman–Crippen MR) is 98.9 cm³/mol. The Morgan fingerprint density at radius 1 is 1.04 bits per heavy atom. The Hall–Kier alpha value is -3.80. The first-order valence-corrected chi connectivity index (χ1v) is 7.96. The number of nitrogens with zero attached hydrogens (tertiary/aromatic N) is 4. The fourth-order valence-electron chi connectivity index (χ4n) is 2.70. The van der Waals surface area contributed by atoms with Crippen LogP contribution in [0.25, 0.3) is 29.1 Å². The van der Waals surface area contributed by atoms with Gasteiger partial charge >= 0.3 is 0 Å². The average Bonchev–Trinajstić information content (AvgIpc) is 3.16. The highest BCUT2D eigenvalue weighted by molar-refractivity contribution is 5.99. The minimum absolute atomic E-state index is 0.318. The van der Waals surface area contributed by atoms with Crippen LogP contribution in [0.1, 0.15) is 21.5 Å². The molecule has 0 aliphatic carbocycles. The van der Waals surface area contributed by atoms with Crippen LogP contribution < -0.4 is 5.73 Å². The lowest BCUT2D eigenvalue weighted by Crippen LogP contribution is -2.13. The highest BCUT2D eigenvalue weighted by atomic mass is 16.1. The lowest BCUT2D eigenvalue weighted by molar-refractivity contribution is 0.100. The molecule has 0 fully saturated rings. The van der Waals surface area contributed by atoms with Crippen molar-refractivity contribution < 1.29 is 4.79 Å². The molecular formula is C20H14N5O. The van der Waals surface area contributed by atoms with Crippen molar-refractivity contribution in [2.24, 2.45) is 5.73 Å². The zero-order valence-corrected chi connectivity index (χ0v) is 13.7. The minimum atomic E-state index is -0.543. The summed E-state index contributed by atoms with van der Waals surface area (Å²) in [6, 6.07) is 15.4. The first-order chi connectivity index (χ1) is 12.7. The Balaban J connectivity index is 1.66. The smallest absolute Gasteiger partial charge is 0.252 e. The number of pyridine rings is 2. The van der Waals surface area contributed by atoms with Gasteiger partial charge in [0.25, 0.3) is 5.91 Å². The topological polar surface area (TPSA) is 86.2 Å². The third kappa shape index (κ3) is 2.95. The summed E-state index contributed by atoms with van der Waals surface area (Å²) < 4.78 is 1.57.